The van der Waals surface area contributed by atoms with E-state index in [0.717, 1.165) is 5.71 Å². The lowest BCUT2D eigenvalue weighted by atomic mass is 10.1. The molecular formula is C13H14N2O2. The summed E-state index contributed by atoms with van der Waals surface area (Å²) in [6.45, 7) is 3.62. The molecule has 0 spiro atoms. The van der Waals surface area contributed by atoms with Gasteiger partial charge < -0.3 is 0 Å². The van der Waals surface area contributed by atoms with Gasteiger partial charge in [0.1, 0.15) is 6.54 Å². The number of benzene rings is 1. The number of rotatable bonds is 3. The van der Waals surface area contributed by atoms with E-state index in [2.05, 4.69) is 5.10 Å². The number of carbonyl (C=O) groups excluding carboxylic acids is 2. The first-order chi connectivity index (χ1) is 8.09. The second kappa shape index (κ2) is 4.49. The Balaban J connectivity index is 2.09. The second-order valence-corrected chi connectivity index (χ2v) is 4.15. The molecule has 0 N–H and O–H groups in total. The summed E-state index contributed by atoms with van der Waals surface area (Å²) < 4.78 is 0. The van der Waals surface area contributed by atoms with Crippen LogP contribution in [-0.4, -0.2) is 29.0 Å². The average molecular weight is 230 g/mol. The molecule has 88 valence electrons. The molecule has 2 rings (SSSR count). The van der Waals surface area contributed by atoms with Crippen LogP contribution in [0.5, 0.6) is 0 Å². The van der Waals surface area contributed by atoms with Gasteiger partial charge in [-0.1, -0.05) is 30.3 Å². The molecule has 1 aromatic rings. The highest BCUT2D eigenvalue weighted by atomic mass is 16.2. The number of amides is 1. The molecule has 0 bridgehead atoms. The molecule has 1 aromatic carbocycles. The van der Waals surface area contributed by atoms with Crippen molar-refractivity contribution >= 4 is 17.4 Å². The third-order valence-electron chi connectivity index (χ3n) is 2.92. The molecule has 4 nitrogen and oxygen atoms in total. The number of ketones is 1. The minimum absolute atomic E-state index is 0.0184. The third kappa shape index (κ3) is 2.25. The summed E-state index contributed by atoms with van der Waals surface area (Å²) in [5.74, 6) is -0.407. The average Bonchev–Trinajstić information content (AvgIpc) is 2.58. The van der Waals surface area contributed by atoms with Crippen LogP contribution >= 0.6 is 0 Å². The Morgan fingerprint density at radius 1 is 1.35 bits per heavy atom. The first-order valence-corrected chi connectivity index (χ1v) is 5.54. The van der Waals surface area contributed by atoms with Crippen LogP contribution in [0.4, 0.5) is 0 Å². The highest BCUT2D eigenvalue weighted by Gasteiger charge is 2.30. The van der Waals surface area contributed by atoms with Crippen LogP contribution < -0.4 is 0 Å². The summed E-state index contributed by atoms with van der Waals surface area (Å²) in [5.41, 5.74) is 1.36. The molecule has 1 unspecified atom stereocenters. The van der Waals surface area contributed by atoms with Crippen molar-refractivity contribution in [3.8, 4) is 0 Å². The van der Waals surface area contributed by atoms with Crippen molar-refractivity contribution in [1.82, 2.24) is 5.01 Å². The van der Waals surface area contributed by atoms with Crippen LogP contribution in [0.15, 0.2) is 35.4 Å². The lowest BCUT2D eigenvalue weighted by Crippen LogP contribution is -2.30. The smallest absolute Gasteiger partial charge is 0.251 e. The molecule has 1 amide bonds. The number of hydrogen-bond acceptors (Lipinski definition) is 3. The quantitative estimate of drug-likeness (QED) is 0.742. The Labute approximate surface area is 99.9 Å². The third-order valence-corrected chi connectivity index (χ3v) is 2.92. The van der Waals surface area contributed by atoms with Crippen molar-refractivity contribution in [2.45, 2.75) is 13.8 Å². The summed E-state index contributed by atoms with van der Waals surface area (Å²) in [7, 11) is 0. The summed E-state index contributed by atoms with van der Waals surface area (Å²) in [5, 5.41) is 5.35. The first-order valence-electron chi connectivity index (χ1n) is 5.54. The van der Waals surface area contributed by atoms with Gasteiger partial charge in [0.25, 0.3) is 5.91 Å². The zero-order valence-electron chi connectivity index (χ0n) is 9.88. The van der Waals surface area contributed by atoms with Crippen molar-refractivity contribution < 1.29 is 9.59 Å². The predicted molar refractivity (Wildman–Crippen MR) is 64.8 cm³/mol. The van der Waals surface area contributed by atoms with Gasteiger partial charge in [0.2, 0.25) is 0 Å². The molecule has 0 fully saturated rings. The van der Waals surface area contributed by atoms with Crippen LogP contribution in [-0.2, 0) is 4.79 Å². The molecular weight excluding hydrogens is 216 g/mol. The molecule has 1 heterocycles. The molecule has 0 saturated carbocycles. The summed E-state index contributed by atoms with van der Waals surface area (Å²) in [4.78, 5) is 23.6. The topological polar surface area (TPSA) is 49.7 Å². The highest BCUT2D eigenvalue weighted by molar-refractivity contribution is 6.08. The maximum atomic E-state index is 11.9. The largest absolute Gasteiger partial charge is 0.292 e. The fourth-order valence-corrected chi connectivity index (χ4v) is 1.69. The Morgan fingerprint density at radius 2 is 2.00 bits per heavy atom. The summed E-state index contributed by atoms with van der Waals surface area (Å²) in [6.07, 6.45) is 0. The van der Waals surface area contributed by atoms with Gasteiger partial charge >= 0.3 is 0 Å². The summed E-state index contributed by atoms with van der Waals surface area (Å²) >= 11 is 0. The van der Waals surface area contributed by atoms with Crippen LogP contribution in [0.2, 0.25) is 0 Å². The highest BCUT2D eigenvalue weighted by Crippen LogP contribution is 2.15. The van der Waals surface area contributed by atoms with E-state index >= 15 is 0 Å². The Kier molecular flexibility index (Phi) is 3.04. The van der Waals surface area contributed by atoms with Crippen molar-refractivity contribution in [2.75, 3.05) is 6.54 Å². The summed E-state index contributed by atoms with van der Waals surface area (Å²) in [6, 6.07) is 8.93. The predicted octanol–water partition coefficient (Wildman–Crippen LogP) is 1.72. The van der Waals surface area contributed by atoms with Gasteiger partial charge in [0.15, 0.2) is 5.78 Å². The van der Waals surface area contributed by atoms with E-state index in [1.165, 1.54) is 5.01 Å². The molecule has 1 aliphatic heterocycles. The van der Waals surface area contributed by atoms with Crippen molar-refractivity contribution in [3.63, 3.8) is 0 Å². The van der Waals surface area contributed by atoms with Crippen molar-refractivity contribution in [3.05, 3.63) is 35.9 Å². The van der Waals surface area contributed by atoms with Crippen LogP contribution in [0.1, 0.15) is 24.2 Å². The van der Waals surface area contributed by atoms with Crippen LogP contribution in [0, 0.1) is 5.92 Å². The molecule has 0 saturated heterocycles. The molecule has 17 heavy (non-hydrogen) atoms. The normalized spacial score (nSPS) is 19.4. The van der Waals surface area contributed by atoms with Gasteiger partial charge in [-0.25, -0.2) is 5.01 Å². The number of hydrazone groups is 1. The fourth-order valence-electron chi connectivity index (χ4n) is 1.69. The van der Waals surface area contributed by atoms with Gasteiger partial charge in [0.05, 0.1) is 5.92 Å². The molecule has 0 radical (unpaired) electrons. The van der Waals surface area contributed by atoms with E-state index in [9.17, 15) is 9.59 Å². The van der Waals surface area contributed by atoms with Crippen LogP contribution in [0.3, 0.4) is 0 Å². The Morgan fingerprint density at radius 3 is 2.53 bits per heavy atom. The minimum atomic E-state index is -0.210. The Bertz CT molecular complexity index is 479. The first kappa shape index (κ1) is 11.5. The maximum Gasteiger partial charge on any atom is 0.251 e. The van der Waals surface area contributed by atoms with Crippen LogP contribution in [0.25, 0.3) is 0 Å². The monoisotopic (exact) mass is 230 g/mol. The van der Waals surface area contributed by atoms with Gasteiger partial charge in [-0.05, 0) is 13.8 Å². The molecule has 0 aromatic heterocycles. The zero-order chi connectivity index (χ0) is 12.4. The fraction of sp³-hybridized carbons (Fsp3) is 0.308. The molecule has 4 heteroatoms. The van der Waals surface area contributed by atoms with Crippen molar-refractivity contribution in [1.29, 1.82) is 0 Å². The Hall–Kier alpha value is -1.97. The SMILES string of the molecule is CC1=NN(CC(=O)c2ccccc2)C(=O)C1C. The number of nitrogens with zero attached hydrogens (tertiary/aromatic N) is 2. The van der Waals surface area contributed by atoms with Gasteiger partial charge in [0, 0.05) is 11.3 Å². The lowest BCUT2D eigenvalue weighted by Gasteiger charge is -2.11. The lowest BCUT2D eigenvalue weighted by molar-refractivity contribution is -0.130. The van der Waals surface area contributed by atoms with Gasteiger partial charge in [-0.2, -0.15) is 5.10 Å². The minimum Gasteiger partial charge on any atom is -0.292 e. The van der Waals surface area contributed by atoms with E-state index in [0.29, 0.717) is 5.56 Å². The van der Waals surface area contributed by atoms with E-state index < -0.39 is 0 Å². The van der Waals surface area contributed by atoms with E-state index in [4.69, 9.17) is 0 Å². The zero-order valence-corrected chi connectivity index (χ0v) is 9.88. The van der Waals surface area contributed by atoms with Gasteiger partial charge in [-0.15, -0.1) is 0 Å². The number of carbonyl (C=O) groups is 2. The van der Waals surface area contributed by atoms with E-state index in [1.807, 2.05) is 6.07 Å². The molecule has 1 atom stereocenters. The number of hydrogen-bond donors (Lipinski definition) is 0. The van der Waals surface area contributed by atoms with E-state index in [-0.39, 0.29) is 24.2 Å². The van der Waals surface area contributed by atoms with Crippen molar-refractivity contribution in [2.24, 2.45) is 11.0 Å². The van der Waals surface area contributed by atoms with E-state index in [1.54, 1.807) is 38.1 Å². The van der Waals surface area contributed by atoms with Gasteiger partial charge in [-0.3, -0.25) is 9.59 Å². The molecule has 0 aliphatic carbocycles. The number of Topliss-reactive ketones (excluding diaryl/α,β-unsaturated/α-hetero) is 1. The second-order valence-electron chi connectivity index (χ2n) is 4.15. The molecule has 1 aliphatic rings. The maximum absolute atomic E-state index is 11.9. The standard InChI is InChI=1S/C13H14N2O2/c1-9-10(2)14-15(13(9)17)8-12(16)11-6-4-3-5-7-11/h3-7,9H,8H2,1-2H3.